The van der Waals surface area contributed by atoms with Crippen molar-refractivity contribution in [3.8, 4) is 0 Å². The predicted octanol–water partition coefficient (Wildman–Crippen LogP) is 3.86. The minimum Gasteiger partial charge on any atom is -0.476 e. The quantitative estimate of drug-likeness (QED) is 0.566. The number of hydrogen-bond donors (Lipinski definition) is 2. The zero-order valence-corrected chi connectivity index (χ0v) is 16.3. The molecule has 0 aliphatic rings. The molecule has 2 aromatic carbocycles. The van der Waals surface area contributed by atoms with Gasteiger partial charge >= 0.3 is 5.97 Å². The van der Waals surface area contributed by atoms with Crippen LogP contribution in [-0.2, 0) is 17.8 Å². The van der Waals surface area contributed by atoms with Crippen molar-refractivity contribution in [2.24, 2.45) is 0 Å². The van der Waals surface area contributed by atoms with E-state index in [-0.39, 0.29) is 23.0 Å². The normalized spacial score (nSPS) is 10.6. The van der Waals surface area contributed by atoms with Crippen LogP contribution in [-0.4, -0.2) is 32.5 Å². The molecule has 0 unspecified atom stereocenters. The van der Waals surface area contributed by atoms with E-state index in [9.17, 15) is 14.7 Å². The number of benzene rings is 2. The number of aromatic carboxylic acids is 1. The lowest BCUT2D eigenvalue weighted by molar-refractivity contribution is -0.113. The number of rotatable bonds is 8. The SMILES string of the molecule is Cc1ccc(SCC(=O)Nc2cn(CCc3ccccc3)nc2C(=O)O)cc1. The lowest BCUT2D eigenvalue weighted by atomic mass is 10.1. The second-order valence-corrected chi connectivity index (χ2v) is 7.39. The van der Waals surface area contributed by atoms with Gasteiger partial charge < -0.3 is 10.4 Å². The number of carboxylic acid groups (broad SMARTS) is 1. The second-order valence-electron chi connectivity index (χ2n) is 6.35. The Morgan fingerprint density at radius 2 is 1.82 bits per heavy atom. The Kier molecular flexibility index (Phi) is 6.49. The van der Waals surface area contributed by atoms with Crippen LogP contribution in [0.4, 0.5) is 5.69 Å². The molecule has 1 aromatic heterocycles. The van der Waals surface area contributed by atoms with Crippen molar-refractivity contribution in [3.63, 3.8) is 0 Å². The van der Waals surface area contributed by atoms with Gasteiger partial charge in [-0.05, 0) is 31.0 Å². The van der Waals surface area contributed by atoms with Crippen LogP contribution in [0.25, 0.3) is 0 Å². The Morgan fingerprint density at radius 1 is 1.11 bits per heavy atom. The van der Waals surface area contributed by atoms with Crippen LogP contribution in [0.3, 0.4) is 0 Å². The van der Waals surface area contributed by atoms with Gasteiger partial charge in [-0.3, -0.25) is 9.48 Å². The summed E-state index contributed by atoms with van der Waals surface area (Å²) in [5, 5.41) is 16.1. The molecule has 0 aliphatic carbocycles. The van der Waals surface area contributed by atoms with Crippen molar-refractivity contribution in [1.29, 1.82) is 0 Å². The number of aryl methyl sites for hydroxylation is 3. The molecule has 1 amide bonds. The average Bonchev–Trinajstić information content (AvgIpc) is 3.10. The maximum absolute atomic E-state index is 12.3. The van der Waals surface area contributed by atoms with E-state index in [0.717, 1.165) is 22.4 Å². The molecule has 0 spiro atoms. The molecule has 144 valence electrons. The highest BCUT2D eigenvalue weighted by Crippen LogP contribution is 2.20. The third kappa shape index (κ3) is 5.47. The van der Waals surface area contributed by atoms with E-state index in [0.29, 0.717) is 6.54 Å². The molecule has 0 radical (unpaired) electrons. The molecule has 3 rings (SSSR count). The van der Waals surface area contributed by atoms with Gasteiger partial charge in [0, 0.05) is 17.6 Å². The zero-order valence-electron chi connectivity index (χ0n) is 15.5. The monoisotopic (exact) mass is 395 g/mol. The van der Waals surface area contributed by atoms with Crippen LogP contribution in [0.15, 0.2) is 65.7 Å². The van der Waals surface area contributed by atoms with Crippen molar-refractivity contribution in [1.82, 2.24) is 9.78 Å². The number of aromatic nitrogens is 2. The van der Waals surface area contributed by atoms with Crippen molar-refractivity contribution < 1.29 is 14.7 Å². The maximum atomic E-state index is 12.3. The first-order valence-electron chi connectivity index (χ1n) is 8.85. The van der Waals surface area contributed by atoms with Gasteiger partial charge in [0.1, 0.15) is 0 Å². The second kappa shape index (κ2) is 9.23. The van der Waals surface area contributed by atoms with Crippen LogP contribution in [0.1, 0.15) is 21.6 Å². The molecule has 2 N–H and O–H groups in total. The molecule has 0 saturated carbocycles. The van der Waals surface area contributed by atoms with E-state index in [1.807, 2.05) is 61.5 Å². The van der Waals surface area contributed by atoms with Crippen molar-refractivity contribution in [3.05, 3.63) is 77.6 Å². The number of carbonyl (C=O) groups is 2. The molecular formula is C21H21N3O3S. The Hall–Kier alpha value is -3.06. The highest BCUT2D eigenvalue weighted by molar-refractivity contribution is 8.00. The predicted molar refractivity (Wildman–Crippen MR) is 110 cm³/mol. The molecule has 28 heavy (non-hydrogen) atoms. The summed E-state index contributed by atoms with van der Waals surface area (Å²) in [6.07, 6.45) is 2.29. The topological polar surface area (TPSA) is 84.2 Å². The van der Waals surface area contributed by atoms with Gasteiger partial charge in [-0.1, -0.05) is 48.0 Å². The van der Waals surface area contributed by atoms with Crippen LogP contribution in [0.5, 0.6) is 0 Å². The molecular weight excluding hydrogens is 374 g/mol. The number of amides is 1. The van der Waals surface area contributed by atoms with Gasteiger partial charge in [0.05, 0.1) is 11.4 Å². The molecule has 0 atom stereocenters. The van der Waals surface area contributed by atoms with E-state index >= 15 is 0 Å². The maximum Gasteiger partial charge on any atom is 0.358 e. The minimum absolute atomic E-state index is 0.151. The Labute approximate surface area is 167 Å². The van der Waals surface area contributed by atoms with E-state index in [1.54, 1.807) is 10.9 Å². The number of nitrogens with one attached hydrogen (secondary N) is 1. The molecule has 0 saturated heterocycles. The smallest absolute Gasteiger partial charge is 0.358 e. The van der Waals surface area contributed by atoms with E-state index in [4.69, 9.17) is 0 Å². The lowest BCUT2D eigenvalue weighted by Gasteiger charge is -2.04. The Balaban J connectivity index is 1.61. The van der Waals surface area contributed by atoms with E-state index in [1.165, 1.54) is 11.8 Å². The standard InChI is InChI=1S/C21H21N3O3S/c1-15-7-9-17(10-8-15)28-14-19(25)22-18-13-24(23-20(18)21(26)27)12-11-16-5-3-2-4-6-16/h2-10,13H,11-12,14H2,1H3,(H,22,25)(H,26,27). The molecule has 6 nitrogen and oxygen atoms in total. The first-order valence-corrected chi connectivity index (χ1v) is 9.84. The summed E-state index contributed by atoms with van der Waals surface area (Å²) in [4.78, 5) is 24.7. The molecule has 0 fully saturated rings. The van der Waals surface area contributed by atoms with Gasteiger partial charge in [0.2, 0.25) is 5.91 Å². The zero-order chi connectivity index (χ0) is 19.9. The highest BCUT2D eigenvalue weighted by atomic mass is 32.2. The highest BCUT2D eigenvalue weighted by Gasteiger charge is 2.18. The fourth-order valence-electron chi connectivity index (χ4n) is 2.64. The first kappa shape index (κ1) is 19.7. The molecule has 7 heteroatoms. The number of hydrogen-bond acceptors (Lipinski definition) is 4. The van der Waals surface area contributed by atoms with Gasteiger partial charge in [-0.2, -0.15) is 5.10 Å². The van der Waals surface area contributed by atoms with Gasteiger partial charge in [-0.15, -0.1) is 11.8 Å². The molecule has 3 aromatic rings. The van der Waals surface area contributed by atoms with Gasteiger partial charge in [0.25, 0.3) is 0 Å². The summed E-state index contributed by atoms with van der Waals surface area (Å²) >= 11 is 1.40. The van der Waals surface area contributed by atoms with Crippen molar-refractivity contribution in [2.45, 2.75) is 24.8 Å². The van der Waals surface area contributed by atoms with Gasteiger partial charge in [0.15, 0.2) is 5.69 Å². The van der Waals surface area contributed by atoms with Gasteiger partial charge in [-0.25, -0.2) is 4.79 Å². The number of nitrogens with zero attached hydrogens (tertiary/aromatic N) is 2. The number of carboxylic acids is 1. The third-order valence-corrected chi connectivity index (χ3v) is 5.11. The fraction of sp³-hybridized carbons (Fsp3) is 0.190. The van der Waals surface area contributed by atoms with Crippen LogP contribution in [0, 0.1) is 6.92 Å². The van der Waals surface area contributed by atoms with Crippen molar-refractivity contribution in [2.75, 3.05) is 11.1 Å². The van der Waals surface area contributed by atoms with Crippen LogP contribution in [0.2, 0.25) is 0 Å². The largest absolute Gasteiger partial charge is 0.476 e. The fourth-order valence-corrected chi connectivity index (χ4v) is 3.34. The van der Waals surface area contributed by atoms with E-state index < -0.39 is 5.97 Å². The summed E-state index contributed by atoms with van der Waals surface area (Å²) < 4.78 is 1.55. The first-order chi connectivity index (χ1) is 13.5. The van der Waals surface area contributed by atoms with Crippen LogP contribution >= 0.6 is 11.8 Å². The third-order valence-electron chi connectivity index (χ3n) is 4.10. The summed E-state index contributed by atoms with van der Waals surface area (Å²) in [6, 6.07) is 17.8. The van der Waals surface area contributed by atoms with Crippen molar-refractivity contribution >= 4 is 29.3 Å². The minimum atomic E-state index is -1.17. The summed E-state index contributed by atoms with van der Waals surface area (Å²) in [5.41, 5.74) is 2.36. The molecule has 0 aliphatic heterocycles. The number of anilines is 1. The van der Waals surface area contributed by atoms with E-state index in [2.05, 4.69) is 10.4 Å². The average molecular weight is 395 g/mol. The number of thioether (sulfide) groups is 1. The summed E-state index contributed by atoms with van der Waals surface area (Å²) in [6.45, 7) is 2.53. The van der Waals surface area contributed by atoms with Crippen LogP contribution < -0.4 is 5.32 Å². The Morgan fingerprint density at radius 3 is 2.50 bits per heavy atom. The Bertz CT molecular complexity index is 953. The summed E-state index contributed by atoms with van der Waals surface area (Å²) in [7, 11) is 0. The summed E-state index contributed by atoms with van der Waals surface area (Å²) in [5.74, 6) is -1.24. The number of carbonyl (C=O) groups excluding carboxylic acids is 1. The molecule has 1 heterocycles. The molecule has 0 bridgehead atoms. The lowest BCUT2D eigenvalue weighted by Crippen LogP contribution is -2.15.